The molecule has 16 heavy (non-hydrogen) atoms. The van der Waals surface area contributed by atoms with Gasteiger partial charge in [0, 0.05) is 0 Å². The standard InChI is InChI=1S/C11H13N3O2/c1-8(15)11-7-12-13-14(11)9-3-5-10(16-2)6-4-9/h3-8,15H,1-2H3. The molecule has 1 N–H and O–H groups in total. The van der Waals surface area contributed by atoms with Crippen molar-refractivity contribution >= 4 is 0 Å². The zero-order chi connectivity index (χ0) is 11.5. The molecule has 0 fully saturated rings. The lowest BCUT2D eigenvalue weighted by atomic mass is 10.2. The molecule has 5 heteroatoms. The minimum absolute atomic E-state index is 0.600. The average molecular weight is 219 g/mol. The molecule has 0 bridgehead atoms. The SMILES string of the molecule is COc1ccc(-n2nncc2C(C)O)cc1. The summed E-state index contributed by atoms with van der Waals surface area (Å²) in [6.45, 7) is 1.68. The van der Waals surface area contributed by atoms with E-state index < -0.39 is 6.10 Å². The molecule has 0 saturated heterocycles. The van der Waals surface area contributed by atoms with Crippen LogP contribution in [0.1, 0.15) is 18.7 Å². The van der Waals surface area contributed by atoms with Gasteiger partial charge in [-0.05, 0) is 31.2 Å². The number of hydrogen-bond acceptors (Lipinski definition) is 4. The van der Waals surface area contributed by atoms with Crippen molar-refractivity contribution in [1.29, 1.82) is 0 Å². The summed E-state index contributed by atoms with van der Waals surface area (Å²) in [5, 5.41) is 17.2. The molecule has 1 heterocycles. The quantitative estimate of drug-likeness (QED) is 0.846. The smallest absolute Gasteiger partial charge is 0.119 e. The van der Waals surface area contributed by atoms with Crippen LogP contribution < -0.4 is 4.74 Å². The third-order valence-corrected chi connectivity index (χ3v) is 2.32. The maximum absolute atomic E-state index is 9.53. The van der Waals surface area contributed by atoms with E-state index in [4.69, 9.17) is 4.74 Å². The molecule has 84 valence electrons. The van der Waals surface area contributed by atoms with E-state index in [-0.39, 0.29) is 0 Å². The summed E-state index contributed by atoms with van der Waals surface area (Å²) < 4.78 is 6.67. The lowest BCUT2D eigenvalue weighted by molar-refractivity contribution is 0.191. The molecule has 1 aromatic carbocycles. The first-order chi connectivity index (χ1) is 7.72. The molecule has 1 aromatic heterocycles. The lowest BCUT2D eigenvalue weighted by Crippen LogP contribution is -2.04. The van der Waals surface area contributed by atoms with E-state index in [1.807, 2.05) is 24.3 Å². The molecule has 2 rings (SSSR count). The number of nitrogens with zero attached hydrogens (tertiary/aromatic N) is 3. The van der Waals surface area contributed by atoms with Crippen molar-refractivity contribution in [1.82, 2.24) is 15.0 Å². The number of hydrogen-bond donors (Lipinski definition) is 1. The largest absolute Gasteiger partial charge is 0.497 e. The van der Waals surface area contributed by atoms with Crippen LogP contribution in [0.4, 0.5) is 0 Å². The molecule has 1 unspecified atom stereocenters. The highest BCUT2D eigenvalue weighted by Gasteiger charge is 2.10. The van der Waals surface area contributed by atoms with Crippen molar-refractivity contribution in [3.8, 4) is 11.4 Å². The van der Waals surface area contributed by atoms with E-state index in [9.17, 15) is 5.11 Å². The van der Waals surface area contributed by atoms with Crippen molar-refractivity contribution < 1.29 is 9.84 Å². The van der Waals surface area contributed by atoms with E-state index in [1.165, 1.54) is 0 Å². The van der Waals surface area contributed by atoms with Crippen molar-refractivity contribution in [2.75, 3.05) is 7.11 Å². The monoisotopic (exact) mass is 219 g/mol. The minimum atomic E-state index is -0.600. The maximum atomic E-state index is 9.53. The van der Waals surface area contributed by atoms with Gasteiger partial charge in [-0.2, -0.15) is 0 Å². The Bertz CT molecular complexity index is 462. The molecule has 2 aromatic rings. The fourth-order valence-corrected chi connectivity index (χ4v) is 1.45. The van der Waals surface area contributed by atoms with Gasteiger partial charge in [0.2, 0.25) is 0 Å². The average Bonchev–Trinajstić information content (AvgIpc) is 2.78. The Labute approximate surface area is 93.3 Å². The Morgan fingerprint density at radius 1 is 1.31 bits per heavy atom. The molecule has 0 aliphatic heterocycles. The second-order valence-electron chi connectivity index (χ2n) is 3.44. The summed E-state index contributed by atoms with van der Waals surface area (Å²) in [6.07, 6.45) is 0.951. The number of rotatable bonds is 3. The second kappa shape index (κ2) is 4.32. The molecule has 0 aliphatic rings. The van der Waals surface area contributed by atoms with Crippen LogP contribution in [-0.2, 0) is 0 Å². The van der Waals surface area contributed by atoms with Crippen molar-refractivity contribution in [3.63, 3.8) is 0 Å². The summed E-state index contributed by atoms with van der Waals surface area (Å²) in [6, 6.07) is 7.39. The zero-order valence-corrected chi connectivity index (χ0v) is 9.16. The van der Waals surface area contributed by atoms with Crippen LogP contribution >= 0.6 is 0 Å². The summed E-state index contributed by atoms with van der Waals surface area (Å²) in [5.41, 5.74) is 1.50. The number of aromatic nitrogens is 3. The maximum Gasteiger partial charge on any atom is 0.119 e. The number of aliphatic hydroxyl groups is 1. The predicted octanol–water partition coefficient (Wildman–Crippen LogP) is 1.33. The second-order valence-corrected chi connectivity index (χ2v) is 3.44. The van der Waals surface area contributed by atoms with Crippen molar-refractivity contribution in [3.05, 3.63) is 36.2 Å². The first-order valence-electron chi connectivity index (χ1n) is 4.95. The zero-order valence-electron chi connectivity index (χ0n) is 9.16. The van der Waals surface area contributed by atoms with Gasteiger partial charge >= 0.3 is 0 Å². The summed E-state index contributed by atoms with van der Waals surface area (Å²) in [4.78, 5) is 0. The molecule has 0 radical (unpaired) electrons. The van der Waals surface area contributed by atoms with Gasteiger partial charge in [-0.3, -0.25) is 0 Å². The van der Waals surface area contributed by atoms with Crippen molar-refractivity contribution in [2.45, 2.75) is 13.0 Å². The summed E-state index contributed by atoms with van der Waals surface area (Å²) in [7, 11) is 1.62. The first-order valence-corrected chi connectivity index (χ1v) is 4.95. The highest BCUT2D eigenvalue weighted by atomic mass is 16.5. The van der Waals surface area contributed by atoms with Crippen LogP contribution in [-0.4, -0.2) is 27.2 Å². The molecule has 1 atom stereocenters. The van der Waals surface area contributed by atoms with Gasteiger partial charge in [0.1, 0.15) is 5.75 Å². The fraction of sp³-hybridized carbons (Fsp3) is 0.273. The van der Waals surface area contributed by atoms with Gasteiger partial charge in [-0.25, -0.2) is 4.68 Å². The van der Waals surface area contributed by atoms with Gasteiger partial charge in [-0.1, -0.05) is 5.21 Å². The van der Waals surface area contributed by atoms with Gasteiger partial charge < -0.3 is 9.84 Å². The molecular weight excluding hydrogens is 206 g/mol. The van der Waals surface area contributed by atoms with E-state index in [0.717, 1.165) is 11.4 Å². The normalized spacial score (nSPS) is 12.4. The Hall–Kier alpha value is -1.88. The third kappa shape index (κ3) is 1.90. The minimum Gasteiger partial charge on any atom is -0.497 e. The number of methoxy groups -OCH3 is 1. The molecule has 5 nitrogen and oxygen atoms in total. The molecule has 0 spiro atoms. The van der Waals surface area contributed by atoms with Crippen molar-refractivity contribution in [2.24, 2.45) is 0 Å². The molecule has 0 aliphatic carbocycles. The van der Waals surface area contributed by atoms with Crippen LogP contribution in [0.25, 0.3) is 5.69 Å². The van der Waals surface area contributed by atoms with Crippen LogP contribution in [0.15, 0.2) is 30.5 Å². The third-order valence-electron chi connectivity index (χ3n) is 2.32. The predicted molar refractivity (Wildman–Crippen MR) is 58.5 cm³/mol. The Morgan fingerprint density at radius 2 is 2.00 bits per heavy atom. The van der Waals surface area contributed by atoms with Crippen LogP contribution in [0.3, 0.4) is 0 Å². The van der Waals surface area contributed by atoms with Gasteiger partial charge in [0.15, 0.2) is 0 Å². The highest BCUT2D eigenvalue weighted by Crippen LogP contribution is 2.18. The number of benzene rings is 1. The Balaban J connectivity index is 2.38. The van der Waals surface area contributed by atoms with Crippen LogP contribution in [0.2, 0.25) is 0 Å². The fourth-order valence-electron chi connectivity index (χ4n) is 1.45. The van der Waals surface area contributed by atoms with E-state index in [1.54, 1.807) is 24.9 Å². The van der Waals surface area contributed by atoms with E-state index in [2.05, 4.69) is 10.3 Å². The Morgan fingerprint density at radius 3 is 2.56 bits per heavy atom. The topological polar surface area (TPSA) is 60.2 Å². The van der Waals surface area contributed by atoms with Gasteiger partial charge in [-0.15, -0.1) is 5.10 Å². The van der Waals surface area contributed by atoms with Crippen LogP contribution in [0, 0.1) is 0 Å². The molecular formula is C11H13N3O2. The summed E-state index contributed by atoms with van der Waals surface area (Å²) >= 11 is 0. The molecule has 0 amide bonds. The van der Waals surface area contributed by atoms with E-state index in [0.29, 0.717) is 5.69 Å². The van der Waals surface area contributed by atoms with Gasteiger partial charge in [0.05, 0.1) is 30.8 Å². The number of ether oxygens (including phenoxy) is 1. The molecule has 0 saturated carbocycles. The summed E-state index contributed by atoms with van der Waals surface area (Å²) in [5.74, 6) is 0.780. The highest BCUT2D eigenvalue weighted by molar-refractivity contribution is 5.37. The Kier molecular flexibility index (Phi) is 2.87. The lowest BCUT2D eigenvalue weighted by Gasteiger charge is -2.08. The van der Waals surface area contributed by atoms with E-state index >= 15 is 0 Å². The van der Waals surface area contributed by atoms with Gasteiger partial charge in [0.25, 0.3) is 0 Å². The van der Waals surface area contributed by atoms with Crippen LogP contribution in [0.5, 0.6) is 5.75 Å². The number of aliphatic hydroxyl groups excluding tert-OH is 1. The first kappa shape index (κ1) is 10.6.